The molecule has 0 radical (unpaired) electrons. The van der Waals surface area contributed by atoms with Gasteiger partial charge in [-0.3, -0.25) is 4.99 Å². The monoisotopic (exact) mass is 445 g/mol. The standard InChI is InChI=1S/C18H27N3O2.HI/c1-3-19-18(21-10-4-5-14(2)12-21)20-9-8-15-6-7-16-17(11-15)23-13-22-16;/h6-7,11,14H,3-5,8-10,12-13H2,1-2H3,(H,19,20);1H. The van der Waals surface area contributed by atoms with Crippen molar-refractivity contribution in [2.45, 2.75) is 33.1 Å². The molecular weight excluding hydrogens is 417 g/mol. The maximum atomic E-state index is 5.43. The summed E-state index contributed by atoms with van der Waals surface area (Å²) in [6, 6.07) is 6.14. The summed E-state index contributed by atoms with van der Waals surface area (Å²) in [5, 5.41) is 3.43. The lowest BCUT2D eigenvalue weighted by atomic mass is 10.0. The lowest BCUT2D eigenvalue weighted by molar-refractivity contribution is 0.174. The number of piperidine rings is 1. The molecule has 0 amide bonds. The number of guanidine groups is 1. The fraction of sp³-hybridized carbons (Fsp3) is 0.611. The van der Waals surface area contributed by atoms with E-state index in [0.717, 1.165) is 56.0 Å². The van der Waals surface area contributed by atoms with Crippen LogP contribution < -0.4 is 14.8 Å². The summed E-state index contributed by atoms with van der Waals surface area (Å²) in [5.41, 5.74) is 1.24. The zero-order valence-electron chi connectivity index (χ0n) is 14.6. The first-order valence-corrected chi connectivity index (χ1v) is 8.68. The molecule has 1 aromatic rings. The van der Waals surface area contributed by atoms with Gasteiger partial charge in [0.15, 0.2) is 17.5 Å². The highest BCUT2D eigenvalue weighted by molar-refractivity contribution is 14.0. The maximum Gasteiger partial charge on any atom is 0.231 e. The lowest BCUT2D eigenvalue weighted by Crippen LogP contribution is -2.46. The van der Waals surface area contributed by atoms with Gasteiger partial charge in [-0.25, -0.2) is 0 Å². The number of fused-ring (bicyclic) bond motifs is 1. The number of ether oxygens (including phenoxy) is 2. The fourth-order valence-electron chi connectivity index (χ4n) is 3.19. The average Bonchev–Trinajstić information content (AvgIpc) is 3.02. The SMILES string of the molecule is CCNC(=NCCc1ccc2c(c1)OCO2)N1CCCC(C)C1.I. The Morgan fingerprint density at radius 3 is 2.96 bits per heavy atom. The highest BCUT2D eigenvalue weighted by Gasteiger charge is 2.19. The van der Waals surface area contributed by atoms with Gasteiger partial charge in [0, 0.05) is 26.2 Å². The second kappa shape index (κ2) is 9.34. The van der Waals surface area contributed by atoms with Crippen LogP contribution in [0, 0.1) is 5.92 Å². The quantitative estimate of drug-likeness (QED) is 0.439. The molecule has 0 bridgehead atoms. The van der Waals surface area contributed by atoms with Gasteiger partial charge >= 0.3 is 0 Å². The van der Waals surface area contributed by atoms with Crippen molar-refractivity contribution in [3.8, 4) is 11.5 Å². The van der Waals surface area contributed by atoms with Crippen molar-refractivity contribution in [3.63, 3.8) is 0 Å². The third-order valence-electron chi connectivity index (χ3n) is 4.39. The Morgan fingerprint density at radius 1 is 1.33 bits per heavy atom. The molecule has 134 valence electrons. The first-order valence-electron chi connectivity index (χ1n) is 8.68. The van der Waals surface area contributed by atoms with Crippen molar-refractivity contribution >= 4 is 29.9 Å². The van der Waals surface area contributed by atoms with E-state index in [-0.39, 0.29) is 24.0 Å². The van der Waals surface area contributed by atoms with E-state index in [1.807, 2.05) is 6.07 Å². The van der Waals surface area contributed by atoms with Crippen LogP contribution in [0.5, 0.6) is 11.5 Å². The van der Waals surface area contributed by atoms with Crippen LogP contribution in [-0.2, 0) is 6.42 Å². The molecule has 1 aromatic carbocycles. The molecule has 0 spiro atoms. The van der Waals surface area contributed by atoms with E-state index in [2.05, 4.69) is 36.2 Å². The highest BCUT2D eigenvalue weighted by atomic mass is 127. The minimum Gasteiger partial charge on any atom is -0.454 e. The molecule has 0 saturated carbocycles. The summed E-state index contributed by atoms with van der Waals surface area (Å²) in [5.74, 6) is 3.50. The van der Waals surface area contributed by atoms with Gasteiger partial charge in [-0.15, -0.1) is 24.0 Å². The normalized spacial score (nSPS) is 19.8. The van der Waals surface area contributed by atoms with Gasteiger partial charge in [0.2, 0.25) is 6.79 Å². The van der Waals surface area contributed by atoms with E-state index < -0.39 is 0 Å². The first-order chi connectivity index (χ1) is 11.3. The third-order valence-corrected chi connectivity index (χ3v) is 4.39. The molecule has 1 saturated heterocycles. The van der Waals surface area contributed by atoms with Crippen LogP contribution in [0.15, 0.2) is 23.2 Å². The van der Waals surface area contributed by atoms with Crippen molar-refractivity contribution in [2.24, 2.45) is 10.9 Å². The van der Waals surface area contributed by atoms with E-state index >= 15 is 0 Å². The summed E-state index contributed by atoms with van der Waals surface area (Å²) in [6.07, 6.45) is 3.50. The zero-order valence-corrected chi connectivity index (χ0v) is 16.9. The number of aliphatic imine (C=N–C) groups is 1. The molecule has 6 heteroatoms. The van der Waals surface area contributed by atoms with E-state index in [4.69, 9.17) is 14.5 Å². The number of hydrogen-bond acceptors (Lipinski definition) is 3. The topological polar surface area (TPSA) is 46.1 Å². The van der Waals surface area contributed by atoms with Crippen molar-refractivity contribution in [2.75, 3.05) is 33.0 Å². The van der Waals surface area contributed by atoms with Crippen LogP contribution in [0.25, 0.3) is 0 Å². The molecule has 2 aliphatic rings. The summed E-state index contributed by atoms with van der Waals surface area (Å²) >= 11 is 0. The van der Waals surface area contributed by atoms with Crippen molar-refractivity contribution in [1.82, 2.24) is 10.2 Å². The molecule has 5 nitrogen and oxygen atoms in total. The number of halogens is 1. The Morgan fingerprint density at radius 2 is 2.17 bits per heavy atom. The van der Waals surface area contributed by atoms with E-state index in [0.29, 0.717) is 6.79 Å². The Kier molecular flexibility index (Phi) is 7.45. The van der Waals surface area contributed by atoms with Crippen LogP contribution in [0.4, 0.5) is 0 Å². The Labute approximate surface area is 161 Å². The van der Waals surface area contributed by atoms with Gasteiger partial charge in [-0.1, -0.05) is 13.0 Å². The number of nitrogens with zero attached hydrogens (tertiary/aromatic N) is 2. The predicted octanol–water partition coefficient (Wildman–Crippen LogP) is 3.27. The molecule has 1 N–H and O–H groups in total. The van der Waals surface area contributed by atoms with Gasteiger partial charge < -0.3 is 19.7 Å². The maximum absolute atomic E-state index is 5.43. The molecule has 24 heavy (non-hydrogen) atoms. The van der Waals surface area contributed by atoms with Crippen molar-refractivity contribution in [1.29, 1.82) is 0 Å². The minimum atomic E-state index is 0. The first kappa shape index (κ1) is 19.1. The number of hydrogen-bond donors (Lipinski definition) is 1. The van der Waals surface area contributed by atoms with Gasteiger partial charge in [0.1, 0.15) is 0 Å². The van der Waals surface area contributed by atoms with Gasteiger partial charge in [-0.05, 0) is 49.8 Å². The number of likely N-dealkylation sites (tertiary alicyclic amines) is 1. The number of nitrogens with one attached hydrogen (secondary N) is 1. The molecule has 1 atom stereocenters. The van der Waals surface area contributed by atoms with Crippen molar-refractivity contribution < 1.29 is 9.47 Å². The number of rotatable bonds is 4. The Balaban J connectivity index is 0.00000208. The minimum absolute atomic E-state index is 0. The molecule has 3 rings (SSSR count). The second-order valence-corrected chi connectivity index (χ2v) is 6.37. The fourth-order valence-corrected chi connectivity index (χ4v) is 3.19. The molecular formula is C18H28IN3O2. The molecule has 1 fully saturated rings. The largest absolute Gasteiger partial charge is 0.454 e. The third kappa shape index (κ3) is 4.91. The van der Waals surface area contributed by atoms with Crippen LogP contribution in [0.3, 0.4) is 0 Å². The van der Waals surface area contributed by atoms with Gasteiger partial charge in [0.25, 0.3) is 0 Å². The van der Waals surface area contributed by atoms with Gasteiger partial charge in [-0.2, -0.15) is 0 Å². The Bertz CT molecular complexity index is 565. The van der Waals surface area contributed by atoms with Crippen LogP contribution >= 0.6 is 24.0 Å². The molecule has 1 unspecified atom stereocenters. The van der Waals surface area contributed by atoms with Crippen molar-refractivity contribution in [3.05, 3.63) is 23.8 Å². The molecule has 2 aliphatic heterocycles. The second-order valence-electron chi connectivity index (χ2n) is 6.37. The average molecular weight is 445 g/mol. The van der Waals surface area contributed by atoms with Crippen LogP contribution in [0.2, 0.25) is 0 Å². The van der Waals surface area contributed by atoms with Crippen LogP contribution in [0.1, 0.15) is 32.3 Å². The summed E-state index contributed by atoms with van der Waals surface area (Å²) in [6.45, 7) is 8.69. The summed E-state index contributed by atoms with van der Waals surface area (Å²) < 4.78 is 10.8. The van der Waals surface area contributed by atoms with Crippen LogP contribution in [-0.4, -0.2) is 43.8 Å². The lowest BCUT2D eigenvalue weighted by Gasteiger charge is -2.33. The highest BCUT2D eigenvalue weighted by Crippen LogP contribution is 2.32. The smallest absolute Gasteiger partial charge is 0.231 e. The summed E-state index contributed by atoms with van der Waals surface area (Å²) in [7, 11) is 0. The van der Waals surface area contributed by atoms with E-state index in [9.17, 15) is 0 Å². The van der Waals surface area contributed by atoms with E-state index in [1.54, 1.807) is 0 Å². The molecule has 0 aliphatic carbocycles. The number of benzene rings is 1. The zero-order chi connectivity index (χ0) is 16.1. The summed E-state index contributed by atoms with van der Waals surface area (Å²) in [4.78, 5) is 7.22. The molecule has 2 heterocycles. The van der Waals surface area contributed by atoms with E-state index in [1.165, 1.54) is 18.4 Å². The predicted molar refractivity (Wildman–Crippen MR) is 108 cm³/mol. The molecule has 0 aromatic heterocycles. The van der Waals surface area contributed by atoms with Gasteiger partial charge in [0.05, 0.1) is 0 Å². The Hall–Kier alpha value is -1.18.